The van der Waals surface area contributed by atoms with Crippen molar-refractivity contribution in [3.05, 3.63) is 0 Å². The summed E-state index contributed by atoms with van der Waals surface area (Å²) in [6, 6.07) is 11.1. The van der Waals surface area contributed by atoms with Crippen molar-refractivity contribution in [2.45, 2.75) is 675 Å². The first kappa shape index (κ1) is 134. The van der Waals surface area contributed by atoms with Gasteiger partial charge in [-0.25, -0.2) is 8.78 Å². The van der Waals surface area contributed by atoms with Crippen LogP contribution in [0.4, 0.5) is 8.78 Å². The van der Waals surface area contributed by atoms with Crippen molar-refractivity contribution in [3.63, 3.8) is 0 Å². The van der Waals surface area contributed by atoms with Crippen molar-refractivity contribution in [1.82, 2.24) is 63.8 Å². The summed E-state index contributed by atoms with van der Waals surface area (Å²) in [6.45, 7) is 118. The Kier molecular flexibility index (Phi) is 68.5. The van der Waals surface area contributed by atoms with Crippen LogP contribution < -0.4 is 63.8 Å². The molecule has 0 saturated heterocycles. The van der Waals surface area contributed by atoms with Gasteiger partial charge < -0.3 is 63.8 Å². The van der Waals surface area contributed by atoms with E-state index in [0.29, 0.717) is 159 Å². The van der Waals surface area contributed by atoms with E-state index in [9.17, 15) is 8.78 Å². The molecule has 14 heteroatoms. The predicted molar refractivity (Wildman–Crippen MR) is 570 cm³/mol. The fraction of sp³-hybridized carbons (Fsp3) is 1.00. The fourth-order valence-corrected chi connectivity index (χ4v) is 18.3. The molecule has 0 aromatic heterocycles. The average molecular weight is 1800 g/mol. The number of hydrogen-bond donors (Lipinski definition) is 12. The molecule has 7 atom stereocenters. The third-order valence-electron chi connectivity index (χ3n) is 26.9. The molecule has 0 amide bonds. The number of alkyl halides is 2. The lowest BCUT2D eigenvalue weighted by molar-refractivity contribution is -0.0542. The van der Waals surface area contributed by atoms with Crippen LogP contribution in [0, 0.1) is 51.2 Å². The van der Waals surface area contributed by atoms with Crippen LogP contribution in [-0.2, 0) is 0 Å². The Balaban J connectivity index is -0.000000423. The lowest BCUT2D eigenvalue weighted by atomic mass is 9.66. The number of hydrogen-bond acceptors (Lipinski definition) is 12. The third-order valence-corrected chi connectivity index (χ3v) is 26.9. The van der Waals surface area contributed by atoms with Gasteiger partial charge in [0.1, 0.15) is 0 Å². The Hall–Kier alpha value is -0.620. The Bertz CT molecular complexity index is 2440. The van der Waals surface area contributed by atoms with E-state index in [1.54, 1.807) is 0 Å². The standard InChI is InChI=1S/C12H23N.C10H19F2N.C10H21N.2C10H23N.2C9H19N.2C9H21N.C8H17N.2C8H19N/c1-10(2)13-11(3)4-6-12(7-5-11)8-9-12;1-8(2)13-9(3)4-6-10(11,12)7-5-9;1-8(2)11-9(3)10(4)6-5-7-10;1-8(2)11-9(3)7-10(4,5)6;1-8(2)7-10(5,6)11-9(3)4;1-7(2)10-9(3,4)8-5-6-8;1-7(2)10-8(3)9-5-4-6-9;1-7(2)10-8(3)9(4,5)6;1-6-8(4)9(5)10-7(2)3;1-7(2)9-8(3)5-4-6-8;1-6-8(4,5)9-7(2)3;1-6(2)8(5)9-7(3)4/h10,13H,4-9H2,1-3H3;8,13H,4-7H2,1-3H3;8-9,11H,5-7H2,1-4H3;2*8-9,11H,7H2,1-6H3;7-8,10H,5-6H2,1-4H3;7-10H,4-6H2,1-3H3;7-8,10H,1-6H3;7-10H,6H2,1-5H3;7,9H,4-6H2,1-3H3;7,9H,6H2,1-5H3;6-9H,1-5H3. The highest BCUT2D eigenvalue weighted by molar-refractivity contribution is 5.03. The molecule has 7 fully saturated rings. The Labute approximate surface area is 794 Å². The SMILES string of the molecule is CC(C)CC(C)(C)NC(C)C.CC(C)NC(C)(C)C1CC1.CC(C)NC(C)C(C)(C)C.CC(C)NC(C)C(C)C.CC(C)NC(C)C1(C)CCC1.CC(C)NC(C)C1CCC1.CC(C)NC(C)CC(C)(C)C.CC(C)NC1(C)CCC(F)(F)CC1.CC(C)NC1(C)CCC1.CC(C)NC1(C)CCC2(CC2)CC1.CCC(C)(C)NC(C)C.CCC(C)C(C)NC(C)C. The van der Waals surface area contributed by atoms with Gasteiger partial charge in [-0.15, -0.1) is 0 Å². The molecule has 0 bridgehead atoms. The zero-order chi connectivity index (χ0) is 99.9. The second kappa shape index (κ2) is 64.5. The van der Waals surface area contributed by atoms with E-state index in [1.165, 1.54) is 135 Å². The van der Waals surface area contributed by atoms with Gasteiger partial charge in [-0.05, 0) is 284 Å². The Morgan fingerprint density at radius 3 is 0.921 bits per heavy atom. The highest BCUT2D eigenvalue weighted by Gasteiger charge is 2.48. The number of nitrogens with one attached hydrogen (secondary N) is 12. The molecular weight excluding hydrogens is 1550 g/mol. The van der Waals surface area contributed by atoms with Crippen molar-refractivity contribution >= 4 is 0 Å². The summed E-state index contributed by atoms with van der Waals surface area (Å²) in [6.07, 6.45) is 30.5. The molecule has 0 aromatic carbocycles. The summed E-state index contributed by atoms with van der Waals surface area (Å²) < 4.78 is 25.7. The van der Waals surface area contributed by atoms with Crippen molar-refractivity contribution < 1.29 is 8.78 Å². The zero-order valence-electron chi connectivity index (χ0n) is 96.2. The summed E-state index contributed by atoms with van der Waals surface area (Å²) in [5, 5.41) is 42.3. The number of halogens is 2. The zero-order valence-corrected chi connectivity index (χ0v) is 96.2. The smallest absolute Gasteiger partial charge is 0.248 e. The second-order valence-corrected chi connectivity index (χ2v) is 51.5. The summed E-state index contributed by atoms with van der Waals surface area (Å²) in [5.74, 6) is 1.81. The topological polar surface area (TPSA) is 144 Å². The molecule has 0 radical (unpaired) electrons. The molecule has 126 heavy (non-hydrogen) atoms. The van der Waals surface area contributed by atoms with Gasteiger partial charge in [0.25, 0.3) is 0 Å². The normalized spacial score (nSPS) is 20.9. The van der Waals surface area contributed by atoms with E-state index in [-0.39, 0.29) is 18.4 Å². The first-order valence-corrected chi connectivity index (χ1v) is 53.4. The monoisotopic (exact) mass is 1800 g/mol. The molecule has 12 nitrogen and oxygen atoms in total. The lowest BCUT2D eigenvalue weighted by Crippen LogP contribution is -2.51. The summed E-state index contributed by atoms with van der Waals surface area (Å²) >= 11 is 0. The number of rotatable bonds is 34. The molecular formula is C112H244F2N12. The van der Waals surface area contributed by atoms with Crippen LogP contribution in [-0.4, -0.2) is 148 Å². The fourth-order valence-electron chi connectivity index (χ4n) is 18.3. The highest BCUT2D eigenvalue weighted by atomic mass is 19.3. The molecule has 7 unspecified atom stereocenters. The van der Waals surface area contributed by atoms with Crippen LogP contribution in [0.1, 0.15) is 527 Å². The first-order valence-electron chi connectivity index (χ1n) is 53.4. The molecule has 0 aromatic rings. The first-order chi connectivity index (χ1) is 56.8. The molecule has 7 rings (SSSR count). The molecule has 7 aliphatic rings. The van der Waals surface area contributed by atoms with Gasteiger partial charge in [-0.3, -0.25) is 0 Å². The van der Waals surface area contributed by atoms with Crippen molar-refractivity contribution in [2.75, 3.05) is 0 Å². The quantitative estimate of drug-likeness (QED) is 0.0298. The minimum atomic E-state index is -2.42. The minimum Gasteiger partial charge on any atom is -0.312 e. The predicted octanol–water partition coefficient (Wildman–Crippen LogP) is 29.5. The maximum absolute atomic E-state index is 12.9. The van der Waals surface area contributed by atoms with Crippen LogP contribution in [0.3, 0.4) is 0 Å². The van der Waals surface area contributed by atoms with Crippen molar-refractivity contribution in [1.29, 1.82) is 0 Å². The summed E-state index contributed by atoms with van der Waals surface area (Å²) in [5.41, 5.74) is 4.12. The van der Waals surface area contributed by atoms with Crippen LogP contribution in [0.25, 0.3) is 0 Å². The highest BCUT2D eigenvalue weighted by Crippen LogP contribution is 2.58. The minimum absolute atomic E-state index is 0.0310. The van der Waals surface area contributed by atoms with Gasteiger partial charge in [0, 0.05) is 155 Å². The van der Waals surface area contributed by atoms with Gasteiger partial charge >= 0.3 is 0 Å². The maximum atomic E-state index is 12.9. The molecule has 766 valence electrons. The molecule has 7 saturated carbocycles. The Morgan fingerprint density at radius 2 is 0.683 bits per heavy atom. The van der Waals surface area contributed by atoms with E-state index in [0.717, 1.165) is 41.0 Å². The maximum Gasteiger partial charge on any atom is 0.248 e. The van der Waals surface area contributed by atoms with Gasteiger partial charge in [0.05, 0.1) is 0 Å². The van der Waals surface area contributed by atoms with Crippen LogP contribution in [0.5, 0.6) is 0 Å². The third kappa shape index (κ3) is 75.6. The van der Waals surface area contributed by atoms with E-state index in [2.05, 4.69) is 424 Å². The second-order valence-electron chi connectivity index (χ2n) is 51.5. The molecule has 12 N–H and O–H groups in total. The summed E-state index contributed by atoms with van der Waals surface area (Å²) in [7, 11) is 0. The summed E-state index contributed by atoms with van der Waals surface area (Å²) in [4.78, 5) is 0. The van der Waals surface area contributed by atoms with Gasteiger partial charge in [-0.2, -0.15) is 0 Å². The Morgan fingerprint density at radius 1 is 0.333 bits per heavy atom. The van der Waals surface area contributed by atoms with Gasteiger partial charge in [0.2, 0.25) is 5.92 Å². The van der Waals surface area contributed by atoms with Crippen LogP contribution in [0.2, 0.25) is 0 Å². The van der Waals surface area contributed by atoms with Gasteiger partial charge in [-0.1, -0.05) is 282 Å². The van der Waals surface area contributed by atoms with E-state index in [4.69, 9.17) is 0 Å². The van der Waals surface area contributed by atoms with E-state index >= 15 is 0 Å². The molecule has 0 heterocycles. The molecule has 0 aliphatic heterocycles. The average Bonchev–Trinajstić information content (AvgIpc) is 1.61. The van der Waals surface area contributed by atoms with Gasteiger partial charge in [0.15, 0.2) is 0 Å². The van der Waals surface area contributed by atoms with Crippen LogP contribution in [0.15, 0.2) is 0 Å². The van der Waals surface area contributed by atoms with E-state index < -0.39 is 5.92 Å². The van der Waals surface area contributed by atoms with Crippen molar-refractivity contribution in [3.8, 4) is 0 Å². The van der Waals surface area contributed by atoms with Crippen LogP contribution >= 0.6 is 0 Å². The lowest BCUT2D eigenvalue weighted by Gasteiger charge is -2.44. The van der Waals surface area contributed by atoms with Crippen molar-refractivity contribution in [2.24, 2.45) is 51.2 Å². The molecule has 7 aliphatic carbocycles. The molecule has 1 spiro atoms. The largest absolute Gasteiger partial charge is 0.312 e. The van der Waals surface area contributed by atoms with E-state index in [1.807, 2.05) is 6.92 Å².